The molecular formula is C23H28BrFN2O2. The van der Waals surface area contributed by atoms with Crippen molar-refractivity contribution in [3.63, 3.8) is 0 Å². The first-order valence-electron chi connectivity index (χ1n) is 9.72. The number of hydrogen-bond donors (Lipinski definition) is 2. The Morgan fingerprint density at radius 2 is 1.90 bits per heavy atom. The third kappa shape index (κ3) is 6.68. The van der Waals surface area contributed by atoms with Crippen molar-refractivity contribution in [1.29, 1.82) is 0 Å². The Kier molecular flexibility index (Phi) is 8.86. The van der Waals surface area contributed by atoms with E-state index in [1.54, 1.807) is 12.1 Å². The Labute approximate surface area is 180 Å². The van der Waals surface area contributed by atoms with Gasteiger partial charge in [0.05, 0.1) is 0 Å². The maximum atomic E-state index is 13.4. The number of carbonyl (C=O) groups is 1. The number of rotatable bonds is 10. The highest BCUT2D eigenvalue weighted by atomic mass is 79.9. The number of carbonyl (C=O) groups excluding carboxylic acids is 1. The number of hydrogen-bond acceptors (Lipinski definition) is 3. The van der Waals surface area contributed by atoms with Crippen molar-refractivity contribution in [2.24, 2.45) is 0 Å². The molecule has 0 spiro atoms. The van der Waals surface area contributed by atoms with E-state index in [1.807, 2.05) is 44.2 Å². The third-order valence-electron chi connectivity index (χ3n) is 4.85. The highest BCUT2D eigenvalue weighted by Gasteiger charge is 2.30. The van der Waals surface area contributed by atoms with Crippen molar-refractivity contribution in [3.05, 3.63) is 82.6 Å². The fourth-order valence-corrected chi connectivity index (χ4v) is 3.63. The van der Waals surface area contributed by atoms with Crippen LogP contribution in [-0.2, 0) is 10.3 Å². The van der Waals surface area contributed by atoms with Gasteiger partial charge in [-0.1, -0.05) is 53.2 Å². The molecule has 0 saturated heterocycles. The Hall–Kier alpha value is -2.18. The molecule has 0 heterocycles. The van der Waals surface area contributed by atoms with E-state index in [4.69, 9.17) is 4.74 Å². The third-order valence-corrected chi connectivity index (χ3v) is 5.38. The molecule has 0 fully saturated rings. The smallest absolute Gasteiger partial charge is 0.407 e. The van der Waals surface area contributed by atoms with Crippen molar-refractivity contribution in [3.8, 4) is 0 Å². The van der Waals surface area contributed by atoms with Crippen molar-refractivity contribution in [1.82, 2.24) is 10.6 Å². The lowest BCUT2D eigenvalue weighted by Gasteiger charge is -2.35. The van der Waals surface area contributed by atoms with Gasteiger partial charge in [0.25, 0.3) is 0 Å². The van der Waals surface area contributed by atoms with Gasteiger partial charge in [-0.05, 0) is 61.7 Å². The molecule has 0 unspecified atom stereocenters. The zero-order valence-corrected chi connectivity index (χ0v) is 18.5. The van der Waals surface area contributed by atoms with E-state index in [-0.39, 0.29) is 11.9 Å². The van der Waals surface area contributed by atoms with Gasteiger partial charge in [0.15, 0.2) is 0 Å². The monoisotopic (exact) mass is 462 g/mol. The molecule has 6 heteroatoms. The van der Waals surface area contributed by atoms with Crippen LogP contribution in [0.2, 0.25) is 0 Å². The van der Waals surface area contributed by atoms with Crippen LogP contribution in [0.5, 0.6) is 0 Å². The number of benzene rings is 2. The summed E-state index contributed by atoms with van der Waals surface area (Å²) in [5.41, 5.74) is 1.44. The molecule has 0 aromatic heterocycles. The summed E-state index contributed by atoms with van der Waals surface area (Å²) in [4.78, 5) is 12.2. The zero-order valence-electron chi connectivity index (χ0n) is 16.9. The van der Waals surface area contributed by atoms with E-state index in [0.29, 0.717) is 19.4 Å². The van der Waals surface area contributed by atoms with Gasteiger partial charge >= 0.3 is 6.09 Å². The summed E-state index contributed by atoms with van der Waals surface area (Å²) in [7, 11) is 0. The van der Waals surface area contributed by atoms with Gasteiger partial charge in [-0.3, -0.25) is 0 Å². The van der Waals surface area contributed by atoms with Crippen molar-refractivity contribution in [2.45, 2.75) is 38.3 Å². The first-order valence-corrected chi connectivity index (χ1v) is 10.5. The van der Waals surface area contributed by atoms with Crippen molar-refractivity contribution >= 4 is 22.0 Å². The molecule has 0 aliphatic rings. The highest BCUT2D eigenvalue weighted by Crippen LogP contribution is 2.29. The van der Waals surface area contributed by atoms with Crippen molar-refractivity contribution in [2.75, 3.05) is 13.1 Å². The minimum absolute atomic E-state index is 0.276. The van der Waals surface area contributed by atoms with Crippen LogP contribution in [0.25, 0.3) is 0 Å². The molecule has 0 radical (unpaired) electrons. The largest absolute Gasteiger partial charge is 0.442 e. The van der Waals surface area contributed by atoms with Crippen LogP contribution >= 0.6 is 15.9 Å². The Morgan fingerprint density at radius 1 is 1.24 bits per heavy atom. The summed E-state index contributed by atoms with van der Waals surface area (Å²) in [5.74, 6) is -0.276. The highest BCUT2D eigenvalue weighted by molar-refractivity contribution is 9.10. The Balaban J connectivity index is 1.99. The topological polar surface area (TPSA) is 50.4 Å². The van der Waals surface area contributed by atoms with E-state index >= 15 is 0 Å². The number of halogens is 2. The lowest BCUT2D eigenvalue weighted by molar-refractivity contribution is 0.106. The molecule has 2 atom stereocenters. The molecule has 1 amide bonds. The predicted molar refractivity (Wildman–Crippen MR) is 118 cm³/mol. The average Bonchev–Trinajstić information content (AvgIpc) is 2.69. The summed E-state index contributed by atoms with van der Waals surface area (Å²) in [6, 6.07) is 14.1. The van der Waals surface area contributed by atoms with Crippen LogP contribution in [-0.4, -0.2) is 19.2 Å². The summed E-state index contributed by atoms with van der Waals surface area (Å²) in [6.45, 7) is 8.86. The van der Waals surface area contributed by atoms with Gasteiger partial charge in [0.1, 0.15) is 11.9 Å². The normalized spacial score (nSPS) is 13.9. The number of amides is 1. The van der Waals surface area contributed by atoms with Crippen LogP contribution in [0.1, 0.15) is 43.9 Å². The van der Waals surface area contributed by atoms with E-state index in [0.717, 1.165) is 22.1 Å². The number of nitrogens with one attached hydrogen (secondary N) is 2. The first kappa shape index (κ1) is 23.1. The average molecular weight is 463 g/mol. The molecule has 29 heavy (non-hydrogen) atoms. The maximum absolute atomic E-state index is 13.4. The van der Waals surface area contributed by atoms with Crippen LogP contribution in [0, 0.1) is 5.82 Å². The summed E-state index contributed by atoms with van der Waals surface area (Å²) < 4.78 is 19.8. The Morgan fingerprint density at radius 3 is 2.48 bits per heavy atom. The second-order valence-corrected chi connectivity index (χ2v) is 7.80. The molecular weight excluding hydrogens is 435 g/mol. The molecule has 0 aliphatic heterocycles. The Bertz CT molecular complexity index is 796. The van der Waals surface area contributed by atoms with Crippen molar-refractivity contribution < 1.29 is 13.9 Å². The lowest BCUT2D eigenvalue weighted by Crippen LogP contribution is -2.44. The lowest BCUT2D eigenvalue weighted by atomic mass is 9.83. The summed E-state index contributed by atoms with van der Waals surface area (Å²) in [5, 5.41) is 6.32. The fraction of sp³-hybridized carbons (Fsp3) is 0.348. The second-order valence-electron chi connectivity index (χ2n) is 6.89. The van der Waals surface area contributed by atoms with Gasteiger partial charge in [-0.2, -0.15) is 0 Å². The molecule has 2 N–H and O–H groups in total. The minimum Gasteiger partial charge on any atom is -0.442 e. The second kappa shape index (κ2) is 11.1. The quantitative estimate of drug-likeness (QED) is 0.435. The molecule has 2 aromatic carbocycles. The molecule has 0 aliphatic carbocycles. The van der Waals surface area contributed by atoms with Crippen LogP contribution < -0.4 is 10.6 Å². The maximum Gasteiger partial charge on any atom is 0.407 e. The van der Waals surface area contributed by atoms with Gasteiger partial charge < -0.3 is 15.4 Å². The van der Waals surface area contributed by atoms with Crippen LogP contribution in [0.4, 0.5) is 9.18 Å². The SMILES string of the molecule is C=CC[C@@](CCNC(=O)O[C@@H](C)c1ccc(Br)cc1)(NCC)c1ccc(F)cc1. The van der Waals surface area contributed by atoms with Gasteiger partial charge in [0, 0.05) is 16.6 Å². The molecule has 4 nitrogen and oxygen atoms in total. The molecule has 0 saturated carbocycles. The van der Waals surface area contributed by atoms with Gasteiger partial charge in [-0.15, -0.1) is 6.58 Å². The number of ether oxygens (including phenoxy) is 1. The fourth-order valence-electron chi connectivity index (χ4n) is 3.36. The molecule has 2 aromatic rings. The summed E-state index contributed by atoms with van der Waals surface area (Å²) in [6.07, 6.45) is 2.27. The van der Waals surface area contributed by atoms with E-state index < -0.39 is 11.6 Å². The van der Waals surface area contributed by atoms with Gasteiger partial charge in [0.2, 0.25) is 0 Å². The predicted octanol–water partition coefficient (Wildman–Crippen LogP) is 5.85. The zero-order chi connectivity index (χ0) is 21.3. The van der Waals surface area contributed by atoms with Gasteiger partial charge in [-0.25, -0.2) is 9.18 Å². The van der Waals surface area contributed by atoms with Crippen LogP contribution in [0.3, 0.4) is 0 Å². The minimum atomic E-state index is -0.469. The summed E-state index contributed by atoms with van der Waals surface area (Å²) >= 11 is 3.39. The molecule has 2 rings (SSSR count). The molecule has 0 bridgehead atoms. The molecule has 156 valence electrons. The number of alkyl carbamates (subject to hydrolysis) is 1. The van der Waals surface area contributed by atoms with E-state index in [9.17, 15) is 9.18 Å². The first-order chi connectivity index (χ1) is 13.9. The standard InChI is InChI=1S/C23H28BrFN2O2/c1-4-14-23(27-5-2,19-8-12-21(25)13-9-19)15-16-26-22(28)29-17(3)18-6-10-20(24)11-7-18/h4,6-13,17,27H,1,5,14-16H2,2-3H3,(H,26,28)/t17-,23-/m0/s1. The van der Waals surface area contributed by atoms with Crippen LogP contribution in [0.15, 0.2) is 65.7 Å². The van der Waals surface area contributed by atoms with E-state index in [2.05, 4.69) is 33.1 Å². The van der Waals surface area contributed by atoms with E-state index in [1.165, 1.54) is 12.1 Å².